The number of hydrogen-bond acceptors (Lipinski definition) is 5. The second kappa shape index (κ2) is 11.1. The van der Waals surface area contributed by atoms with Gasteiger partial charge in [-0.3, -0.25) is 19.7 Å². The molecule has 0 bridgehead atoms. The fraction of sp³-hybridized carbons (Fsp3) is 0.0667. The minimum absolute atomic E-state index is 0.00945. The van der Waals surface area contributed by atoms with Crippen LogP contribution in [0.4, 0.5) is 22.7 Å². The second-order valence-corrected chi connectivity index (χ2v) is 8.50. The smallest absolute Gasteiger partial charge is 0.269 e. The van der Waals surface area contributed by atoms with E-state index in [-0.39, 0.29) is 17.4 Å². The van der Waals surface area contributed by atoms with Gasteiger partial charge in [-0.15, -0.1) is 0 Å². The maximum Gasteiger partial charge on any atom is 0.269 e. The third kappa shape index (κ3) is 6.15. The number of nitro benzene ring substituents is 1. The van der Waals surface area contributed by atoms with Crippen LogP contribution in [0, 0.1) is 24.0 Å². The Morgan fingerprint density at radius 3 is 2.19 bits per heavy atom. The molecule has 0 atom stereocenters. The Bertz CT molecular complexity index is 1490. The van der Waals surface area contributed by atoms with Crippen LogP contribution >= 0.6 is 0 Å². The number of anilines is 3. The highest BCUT2D eigenvalue weighted by molar-refractivity contribution is 6.09. The largest absolute Gasteiger partial charge is 0.355 e. The molecule has 7 nitrogen and oxygen atoms in total. The van der Waals surface area contributed by atoms with Crippen LogP contribution in [0.25, 0.3) is 6.08 Å². The monoisotopic (exact) mass is 491 g/mol. The second-order valence-electron chi connectivity index (χ2n) is 8.50. The summed E-state index contributed by atoms with van der Waals surface area (Å²) in [6.07, 6.45) is 3.01. The van der Waals surface area contributed by atoms with Crippen molar-refractivity contribution in [3.63, 3.8) is 0 Å². The van der Waals surface area contributed by atoms with Gasteiger partial charge < -0.3 is 10.6 Å². The summed E-state index contributed by atoms with van der Waals surface area (Å²) in [4.78, 5) is 35.9. The van der Waals surface area contributed by atoms with Crippen LogP contribution in [0.5, 0.6) is 0 Å². The number of carbonyl (C=O) groups excluding carboxylic acids is 2. The maximum atomic E-state index is 13.0. The van der Waals surface area contributed by atoms with Gasteiger partial charge in [0.2, 0.25) is 0 Å². The highest BCUT2D eigenvalue weighted by atomic mass is 16.6. The van der Waals surface area contributed by atoms with Gasteiger partial charge in [0, 0.05) is 29.1 Å². The molecule has 0 aliphatic carbocycles. The molecule has 0 radical (unpaired) electrons. The molecule has 184 valence electrons. The molecule has 0 unspecified atom stereocenters. The minimum atomic E-state index is -0.473. The topological polar surface area (TPSA) is 101 Å². The number of aryl methyl sites for hydroxylation is 1. The molecule has 0 aliphatic heterocycles. The van der Waals surface area contributed by atoms with Crippen LogP contribution in [-0.4, -0.2) is 16.6 Å². The van der Waals surface area contributed by atoms with Crippen molar-refractivity contribution < 1.29 is 14.5 Å². The van der Waals surface area contributed by atoms with Gasteiger partial charge in [0.15, 0.2) is 5.78 Å². The molecule has 4 aromatic carbocycles. The van der Waals surface area contributed by atoms with E-state index in [9.17, 15) is 19.7 Å². The van der Waals surface area contributed by atoms with Crippen LogP contribution in [0.15, 0.2) is 97.1 Å². The molecule has 4 rings (SSSR count). The number of benzene rings is 4. The van der Waals surface area contributed by atoms with Crippen molar-refractivity contribution >= 4 is 40.5 Å². The number of nitrogens with one attached hydrogen (secondary N) is 2. The summed E-state index contributed by atoms with van der Waals surface area (Å²) >= 11 is 0. The standard InChI is InChI=1S/C30H25N3O4/c1-20-6-5-9-27(21(20)2)32-28-8-4-3-7-26(28)30(35)31-24-15-13-23(14-16-24)29(34)19-12-22-10-17-25(18-11-22)33(36)37/h3-19,32H,1-2H3,(H,31,35)/b19-12+. The predicted molar refractivity (Wildman–Crippen MR) is 146 cm³/mol. The lowest BCUT2D eigenvalue weighted by Gasteiger charge is -2.15. The van der Waals surface area contributed by atoms with Gasteiger partial charge in [0.1, 0.15) is 0 Å². The van der Waals surface area contributed by atoms with Crippen LogP contribution in [0.1, 0.15) is 37.4 Å². The third-order valence-corrected chi connectivity index (χ3v) is 6.00. The Labute approximate surface area is 214 Å². The molecule has 0 saturated heterocycles. The van der Waals surface area contributed by atoms with Crippen LogP contribution in [0.3, 0.4) is 0 Å². The first-order valence-corrected chi connectivity index (χ1v) is 11.6. The minimum Gasteiger partial charge on any atom is -0.355 e. The molecule has 0 aromatic heterocycles. The number of carbonyl (C=O) groups is 2. The Balaban J connectivity index is 1.43. The van der Waals surface area contributed by atoms with Crippen molar-refractivity contribution in [3.05, 3.63) is 135 Å². The fourth-order valence-electron chi connectivity index (χ4n) is 3.71. The number of nitro groups is 1. The Hall–Kier alpha value is -5.04. The lowest BCUT2D eigenvalue weighted by molar-refractivity contribution is -0.384. The molecule has 0 aliphatic rings. The number of rotatable bonds is 8. The lowest BCUT2D eigenvalue weighted by atomic mass is 10.1. The predicted octanol–water partition coefficient (Wildman–Crippen LogP) is 7.10. The first-order valence-electron chi connectivity index (χ1n) is 11.6. The van der Waals surface area contributed by atoms with Crippen molar-refractivity contribution in [2.45, 2.75) is 13.8 Å². The quantitative estimate of drug-likeness (QED) is 0.118. The summed E-state index contributed by atoms with van der Waals surface area (Å²) in [6.45, 7) is 4.07. The molecule has 1 amide bonds. The van der Waals surface area contributed by atoms with E-state index >= 15 is 0 Å². The first-order chi connectivity index (χ1) is 17.8. The van der Waals surface area contributed by atoms with Gasteiger partial charge >= 0.3 is 0 Å². The summed E-state index contributed by atoms with van der Waals surface area (Å²) in [5, 5.41) is 17.0. The van der Waals surface area contributed by atoms with Crippen LogP contribution < -0.4 is 10.6 Å². The SMILES string of the molecule is Cc1cccc(Nc2ccccc2C(=O)Nc2ccc(C(=O)/C=C/c3ccc([N+](=O)[O-])cc3)cc2)c1C. The van der Waals surface area contributed by atoms with E-state index in [4.69, 9.17) is 0 Å². The molecule has 0 spiro atoms. The normalized spacial score (nSPS) is 10.8. The summed E-state index contributed by atoms with van der Waals surface area (Å²) in [7, 11) is 0. The molecule has 4 aromatic rings. The number of ketones is 1. The van der Waals surface area contributed by atoms with E-state index < -0.39 is 4.92 Å². The number of para-hydroxylation sites is 1. The maximum absolute atomic E-state index is 13.0. The highest BCUT2D eigenvalue weighted by Gasteiger charge is 2.13. The molecule has 0 saturated carbocycles. The summed E-state index contributed by atoms with van der Waals surface area (Å²) in [5.41, 5.74) is 6.07. The molecule has 0 heterocycles. The van der Waals surface area contributed by atoms with Gasteiger partial charge in [0.25, 0.3) is 11.6 Å². The van der Waals surface area contributed by atoms with Crippen molar-refractivity contribution in [1.82, 2.24) is 0 Å². The Morgan fingerprint density at radius 1 is 0.811 bits per heavy atom. The molecule has 37 heavy (non-hydrogen) atoms. The average molecular weight is 492 g/mol. The number of amides is 1. The van der Waals surface area contributed by atoms with Gasteiger partial charge in [-0.1, -0.05) is 30.3 Å². The van der Waals surface area contributed by atoms with E-state index in [0.29, 0.717) is 28.1 Å². The number of non-ortho nitro benzene ring substituents is 1. The lowest BCUT2D eigenvalue weighted by Crippen LogP contribution is -2.14. The van der Waals surface area contributed by atoms with Crippen molar-refractivity contribution in [1.29, 1.82) is 0 Å². The summed E-state index contributed by atoms with van der Waals surface area (Å²) in [6, 6.07) is 25.8. The van der Waals surface area contributed by atoms with Crippen LogP contribution in [-0.2, 0) is 0 Å². The number of hydrogen-bond donors (Lipinski definition) is 2. The Kier molecular flexibility index (Phi) is 7.54. The zero-order valence-electron chi connectivity index (χ0n) is 20.4. The van der Waals surface area contributed by atoms with E-state index in [2.05, 4.69) is 10.6 Å². The Morgan fingerprint density at radius 2 is 1.49 bits per heavy atom. The first kappa shape index (κ1) is 25.1. The zero-order chi connectivity index (χ0) is 26.4. The van der Waals surface area contributed by atoms with Crippen molar-refractivity contribution in [2.75, 3.05) is 10.6 Å². The molecular formula is C30H25N3O4. The number of allylic oxidation sites excluding steroid dienone is 1. The molecule has 0 fully saturated rings. The molecule has 2 N–H and O–H groups in total. The van der Waals surface area contributed by atoms with Gasteiger partial charge in [-0.25, -0.2) is 0 Å². The molecular weight excluding hydrogens is 466 g/mol. The van der Waals surface area contributed by atoms with E-state index in [1.54, 1.807) is 48.5 Å². The fourth-order valence-corrected chi connectivity index (χ4v) is 3.71. The van der Waals surface area contributed by atoms with E-state index in [1.165, 1.54) is 18.2 Å². The van der Waals surface area contributed by atoms with E-state index in [1.807, 2.05) is 50.2 Å². The molecule has 7 heteroatoms. The summed E-state index contributed by atoms with van der Waals surface area (Å²) in [5.74, 6) is -0.496. The summed E-state index contributed by atoms with van der Waals surface area (Å²) < 4.78 is 0. The van der Waals surface area contributed by atoms with E-state index in [0.717, 1.165) is 16.8 Å². The van der Waals surface area contributed by atoms with Gasteiger partial charge in [0.05, 0.1) is 16.2 Å². The average Bonchev–Trinajstić information content (AvgIpc) is 2.91. The van der Waals surface area contributed by atoms with Gasteiger partial charge in [-0.2, -0.15) is 0 Å². The zero-order valence-corrected chi connectivity index (χ0v) is 20.4. The van der Waals surface area contributed by atoms with Gasteiger partial charge in [-0.05, 0) is 91.2 Å². The van der Waals surface area contributed by atoms with Crippen LogP contribution in [0.2, 0.25) is 0 Å². The number of nitrogens with zero attached hydrogens (tertiary/aromatic N) is 1. The van der Waals surface area contributed by atoms with Crippen molar-refractivity contribution in [2.24, 2.45) is 0 Å². The van der Waals surface area contributed by atoms with Crippen molar-refractivity contribution in [3.8, 4) is 0 Å². The third-order valence-electron chi connectivity index (χ3n) is 6.00. The highest BCUT2D eigenvalue weighted by Crippen LogP contribution is 2.26.